The van der Waals surface area contributed by atoms with Crippen molar-refractivity contribution in [2.24, 2.45) is 11.7 Å². The fraction of sp³-hybridized carbons (Fsp3) is 0.538. The van der Waals surface area contributed by atoms with Gasteiger partial charge in [-0.1, -0.05) is 6.07 Å². The molecule has 1 aromatic rings. The second-order valence-electron chi connectivity index (χ2n) is 4.87. The van der Waals surface area contributed by atoms with E-state index in [1.807, 2.05) is 7.05 Å². The summed E-state index contributed by atoms with van der Waals surface area (Å²) in [5, 5.41) is 0. The molecule has 0 aliphatic carbocycles. The van der Waals surface area contributed by atoms with Gasteiger partial charge in [-0.2, -0.15) is 0 Å². The minimum Gasteiger partial charge on any atom is -0.330 e. The molecule has 1 aliphatic rings. The molecule has 1 saturated heterocycles. The third-order valence-electron chi connectivity index (χ3n) is 3.68. The molecule has 2 rings (SSSR count). The summed E-state index contributed by atoms with van der Waals surface area (Å²) in [6.45, 7) is 2.96. The molecule has 1 aromatic carbocycles. The zero-order valence-corrected chi connectivity index (χ0v) is 10.2. The number of likely N-dealkylation sites (tertiary alicyclic amines) is 1. The second-order valence-corrected chi connectivity index (χ2v) is 4.87. The predicted molar refractivity (Wildman–Crippen MR) is 63.6 cm³/mol. The SMILES string of the molecule is Cc1c(F)ccc(C2CC(CN)CN2C)c1F. The van der Waals surface area contributed by atoms with Crippen LogP contribution in [0.4, 0.5) is 8.78 Å². The van der Waals surface area contributed by atoms with Crippen LogP contribution in [0.25, 0.3) is 0 Å². The van der Waals surface area contributed by atoms with Crippen LogP contribution in [0.2, 0.25) is 0 Å². The summed E-state index contributed by atoms with van der Waals surface area (Å²) < 4.78 is 27.2. The Hall–Kier alpha value is -1.00. The molecule has 17 heavy (non-hydrogen) atoms. The number of nitrogens with zero attached hydrogens (tertiary/aromatic N) is 1. The zero-order chi connectivity index (χ0) is 12.6. The van der Waals surface area contributed by atoms with Gasteiger partial charge in [-0.3, -0.25) is 4.90 Å². The standard InChI is InChI=1S/C13H18F2N2/c1-8-11(14)4-3-10(13(8)15)12-5-9(6-16)7-17(12)2/h3-4,9,12H,5-7,16H2,1-2H3. The van der Waals surface area contributed by atoms with E-state index in [4.69, 9.17) is 5.73 Å². The smallest absolute Gasteiger partial charge is 0.133 e. The molecule has 1 aliphatic heterocycles. The molecule has 2 unspecified atom stereocenters. The average Bonchev–Trinajstić information content (AvgIpc) is 2.68. The topological polar surface area (TPSA) is 29.3 Å². The molecule has 0 radical (unpaired) electrons. The Morgan fingerprint density at radius 3 is 2.71 bits per heavy atom. The van der Waals surface area contributed by atoms with Crippen molar-refractivity contribution in [1.82, 2.24) is 4.90 Å². The molecule has 2 N–H and O–H groups in total. The second kappa shape index (κ2) is 4.70. The van der Waals surface area contributed by atoms with Crippen LogP contribution in [0.15, 0.2) is 12.1 Å². The third kappa shape index (κ3) is 2.19. The summed E-state index contributed by atoms with van der Waals surface area (Å²) in [7, 11) is 1.96. The van der Waals surface area contributed by atoms with Gasteiger partial charge in [0.05, 0.1) is 0 Å². The van der Waals surface area contributed by atoms with Crippen molar-refractivity contribution in [3.63, 3.8) is 0 Å². The minimum atomic E-state index is -0.484. The lowest BCUT2D eigenvalue weighted by molar-refractivity contribution is 0.306. The molecular formula is C13H18F2N2. The van der Waals surface area contributed by atoms with Gasteiger partial charge in [0.15, 0.2) is 0 Å². The van der Waals surface area contributed by atoms with Crippen LogP contribution in [0.5, 0.6) is 0 Å². The van der Waals surface area contributed by atoms with Gasteiger partial charge in [0.2, 0.25) is 0 Å². The number of nitrogens with two attached hydrogens (primary N) is 1. The summed E-state index contributed by atoms with van der Waals surface area (Å²) in [5.41, 5.74) is 6.34. The first-order valence-corrected chi connectivity index (χ1v) is 5.89. The van der Waals surface area contributed by atoms with Gasteiger partial charge in [-0.05, 0) is 38.9 Å². The Kier molecular flexibility index (Phi) is 3.45. The van der Waals surface area contributed by atoms with Crippen LogP contribution in [0.3, 0.4) is 0 Å². The van der Waals surface area contributed by atoms with Crippen molar-refractivity contribution in [3.05, 3.63) is 34.9 Å². The maximum absolute atomic E-state index is 14.0. The van der Waals surface area contributed by atoms with Crippen molar-refractivity contribution in [1.29, 1.82) is 0 Å². The molecule has 0 saturated carbocycles. The van der Waals surface area contributed by atoms with Crippen molar-refractivity contribution >= 4 is 0 Å². The molecule has 2 atom stereocenters. The molecule has 94 valence electrons. The molecule has 0 spiro atoms. The van der Waals surface area contributed by atoms with Crippen LogP contribution in [-0.2, 0) is 0 Å². The van der Waals surface area contributed by atoms with E-state index in [-0.39, 0.29) is 11.6 Å². The maximum Gasteiger partial charge on any atom is 0.133 e. The third-order valence-corrected chi connectivity index (χ3v) is 3.68. The Bertz CT molecular complexity index is 420. The van der Waals surface area contributed by atoms with E-state index >= 15 is 0 Å². The van der Waals surface area contributed by atoms with E-state index in [0.717, 1.165) is 13.0 Å². The van der Waals surface area contributed by atoms with Gasteiger partial charge >= 0.3 is 0 Å². The summed E-state index contributed by atoms with van der Waals surface area (Å²) >= 11 is 0. The van der Waals surface area contributed by atoms with E-state index in [9.17, 15) is 8.78 Å². The van der Waals surface area contributed by atoms with E-state index in [0.29, 0.717) is 18.0 Å². The van der Waals surface area contributed by atoms with Gasteiger partial charge in [-0.15, -0.1) is 0 Å². The molecule has 1 fully saturated rings. The first-order valence-electron chi connectivity index (χ1n) is 5.89. The van der Waals surface area contributed by atoms with E-state index in [1.165, 1.54) is 13.0 Å². The number of hydrogen-bond donors (Lipinski definition) is 1. The monoisotopic (exact) mass is 240 g/mol. The summed E-state index contributed by atoms with van der Waals surface area (Å²) in [4.78, 5) is 2.09. The van der Waals surface area contributed by atoms with Crippen LogP contribution >= 0.6 is 0 Å². The fourth-order valence-electron chi connectivity index (χ4n) is 2.58. The molecule has 2 nitrogen and oxygen atoms in total. The Morgan fingerprint density at radius 1 is 1.41 bits per heavy atom. The first-order chi connectivity index (χ1) is 8.04. The Labute approximate surface area is 100 Å². The lowest BCUT2D eigenvalue weighted by Gasteiger charge is -2.21. The van der Waals surface area contributed by atoms with E-state index < -0.39 is 11.6 Å². The van der Waals surface area contributed by atoms with Crippen molar-refractivity contribution in [2.45, 2.75) is 19.4 Å². The van der Waals surface area contributed by atoms with E-state index in [1.54, 1.807) is 6.07 Å². The Morgan fingerprint density at radius 2 is 2.12 bits per heavy atom. The number of hydrogen-bond acceptors (Lipinski definition) is 2. The van der Waals surface area contributed by atoms with Crippen LogP contribution in [0, 0.1) is 24.5 Å². The summed E-state index contributed by atoms with van der Waals surface area (Å²) in [6.07, 6.45) is 0.842. The molecule has 1 heterocycles. The van der Waals surface area contributed by atoms with Gasteiger partial charge in [0.1, 0.15) is 11.6 Å². The highest BCUT2D eigenvalue weighted by Crippen LogP contribution is 2.35. The molecule has 0 amide bonds. The lowest BCUT2D eigenvalue weighted by Crippen LogP contribution is -2.21. The lowest BCUT2D eigenvalue weighted by atomic mass is 9.98. The van der Waals surface area contributed by atoms with Crippen LogP contribution in [-0.4, -0.2) is 25.0 Å². The number of halogens is 2. The number of benzene rings is 1. The minimum absolute atomic E-state index is 0.0165. The van der Waals surface area contributed by atoms with Crippen molar-refractivity contribution in [2.75, 3.05) is 20.1 Å². The normalized spacial score (nSPS) is 25.5. The maximum atomic E-state index is 14.0. The quantitative estimate of drug-likeness (QED) is 0.859. The molecule has 4 heteroatoms. The highest BCUT2D eigenvalue weighted by atomic mass is 19.1. The molecule has 0 bridgehead atoms. The highest BCUT2D eigenvalue weighted by Gasteiger charge is 2.31. The zero-order valence-electron chi connectivity index (χ0n) is 10.2. The summed E-state index contributed by atoms with van der Waals surface area (Å²) in [6, 6.07) is 2.91. The van der Waals surface area contributed by atoms with Crippen molar-refractivity contribution in [3.8, 4) is 0 Å². The average molecular weight is 240 g/mol. The highest BCUT2D eigenvalue weighted by molar-refractivity contribution is 5.29. The summed E-state index contributed by atoms with van der Waals surface area (Å²) in [5.74, 6) is -0.503. The van der Waals surface area contributed by atoms with Crippen molar-refractivity contribution < 1.29 is 8.78 Å². The Balaban J connectivity index is 2.32. The number of rotatable bonds is 2. The van der Waals surface area contributed by atoms with Crippen LogP contribution in [0.1, 0.15) is 23.6 Å². The van der Waals surface area contributed by atoms with E-state index in [2.05, 4.69) is 4.90 Å². The van der Waals surface area contributed by atoms with Gasteiger partial charge < -0.3 is 5.73 Å². The van der Waals surface area contributed by atoms with Gasteiger partial charge in [-0.25, -0.2) is 8.78 Å². The first kappa shape index (κ1) is 12.5. The fourth-order valence-corrected chi connectivity index (χ4v) is 2.58. The van der Waals surface area contributed by atoms with Gasteiger partial charge in [0.25, 0.3) is 0 Å². The van der Waals surface area contributed by atoms with Crippen LogP contribution < -0.4 is 5.73 Å². The predicted octanol–water partition coefficient (Wildman–Crippen LogP) is 2.22. The van der Waals surface area contributed by atoms with Gasteiger partial charge in [0, 0.05) is 23.7 Å². The molecular weight excluding hydrogens is 222 g/mol. The molecule has 0 aromatic heterocycles. The largest absolute Gasteiger partial charge is 0.330 e.